The summed E-state index contributed by atoms with van der Waals surface area (Å²) in [5.74, 6) is -0.0314. The van der Waals surface area contributed by atoms with Gasteiger partial charge < -0.3 is 10.0 Å². The van der Waals surface area contributed by atoms with Crippen molar-refractivity contribution in [2.45, 2.75) is 32.7 Å². The number of rotatable bonds is 4. The van der Waals surface area contributed by atoms with E-state index in [1.165, 1.54) is 0 Å². The highest BCUT2D eigenvalue weighted by Crippen LogP contribution is 2.34. The second-order valence-electron chi connectivity index (χ2n) is 6.81. The van der Waals surface area contributed by atoms with Crippen molar-refractivity contribution in [3.05, 3.63) is 34.7 Å². The van der Waals surface area contributed by atoms with Crippen LogP contribution in [0.1, 0.15) is 26.2 Å². The van der Waals surface area contributed by atoms with Gasteiger partial charge in [0.05, 0.1) is 11.0 Å². The van der Waals surface area contributed by atoms with Crippen molar-refractivity contribution in [1.82, 2.24) is 14.0 Å². The fourth-order valence-electron chi connectivity index (χ4n) is 3.61. The summed E-state index contributed by atoms with van der Waals surface area (Å²) in [6.07, 6.45) is 2.56. The zero-order valence-electron chi connectivity index (χ0n) is 14.4. The average molecular weight is 331 g/mol. The molecule has 0 saturated carbocycles. The number of aryl methyl sites for hydroxylation is 1. The Morgan fingerprint density at radius 1 is 1.21 bits per heavy atom. The van der Waals surface area contributed by atoms with Crippen LogP contribution in [-0.4, -0.2) is 44.7 Å². The van der Waals surface area contributed by atoms with E-state index in [1.54, 1.807) is 16.2 Å². The number of carbonyl (C=O) groups excluding carboxylic acids is 1. The molecule has 0 spiro atoms. The van der Waals surface area contributed by atoms with Crippen LogP contribution in [0, 0.1) is 5.41 Å². The van der Waals surface area contributed by atoms with Gasteiger partial charge in [-0.2, -0.15) is 0 Å². The number of carbonyl (C=O) groups is 1. The molecule has 6 heteroatoms. The van der Waals surface area contributed by atoms with Gasteiger partial charge in [-0.25, -0.2) is 4.79 Å². The summed E-state index contributed by atoms with van der Waals surface area (Å²) >= 11 is 0. The Morgan fingerprint density at radius 3 is 2.42 bits per heavy atom. The van der Waals surface area contributed by atoms with Crippen LogP contribution in [-0.2, 0) is 18.4 Å². The van der Waals surface area contributed by atoms with E-state index in [2.05, 4.69) is 6.92 Å². The molecule has 0 unspecified atom stereocenters. The standard InChI is InChI=1S/C18H25N3O3/c1-3-18(13-22)8-10-20(11-9-18)16(23)12-21-15-7-5-4-6-14(15)19(2)17(21)24/h4-7,22H,3,8-13H2,1-2H3. The Hall–Kier alpha value is -2.08. The van der Waals surface area contributed by atoms with Gasteiger partial charge in [0, 0.05) is 26.7 Å². The van der Waals surface area contributed by atoms with Gasteiger partial charge in [-0.05, 0) is 36.8 Å². The van der Waals surface area contributed by atoms with Gasteiger partial charge in [0.15, 0.2) is 0 Å². The van der Waals surface area contributed by atoms with Crippen molar-refractivity contribution in [1.29, 1.82) is 0 Å². The molecule has 0 bridgehead atoms. The number of nitrogens with zero attached hydrogens (tertiary/aromatic N) is 3. The zero-order chi connectivity index (χ0) is 17.3. The molecule has 1 aliphatic heterocycles. The SMILES string of the molecule is CCC1(CO)CCN(C(=O)Cn2c(=O)n(C)c3ccccc32)CC1. The number of fused-ring (bicyclic) bond motifs is 1. The van der Waals surface area contributed by atoms with Crippen molar-refractivity contribution in [2.24, 2.45) is 12.5 Å². The van der Waals surface area contributed by atoms with Crippen LogP contribution < -0.4 is 5.69 Å². The highest BCUT2D eigenvalue weighted by molar-refractivity contribution is 5.81. The molecule has 6 nitrogen and oxygen atoms in total. The highest BCUT2D eigenvalue weighted by atomic mass is 16.3. The lowest BCUT2D eigenvalue weighted by Gasteiger charge is -2.40. The molecular weight excluding hydrogens is 306 g/mol. The first-order chi connectivity index (χ1) is 11.5. The third-order valence-electron chi connectivity index (χ3n) is 5.61. The van der Waals surface area contributed by atoms with Crippen LogP contribution in [0.15, 0.2) is 29.1 Å². The second-order valence-corrected chi connectivity index (χ2v) is 6.81. The molecule has 1 aromatic heterocycles. The first-order valence-electron chi connectivity index (χ1n) is 8.54. The largest absolute Gasteiger partial charge is 0.396 e. The molecule has 2 heterocycles. The van der Waals surface area contributed by atoms with Gasteiger partial charge in [0.1, 0.15) is 6.54 Å². The average Bonchev–Trinajstić information content (AvgIpc) is 2.87. The van der Waals surface area contributed by atoms with E-state index in [9.17, 15) is 14.7 Å². The number of amides is 1. The number of hydrogen-bond donors (Lipinski definition) is 1. The lowest BCUT2D eigenvalue weighted by molar-refractivity contribution is -0.134. The van der Waals surface area contributed by atoms with Crippen LogP contribution >= 0.6 is 0 Å². The van der Waals surface area contributed by atoms with E-state index in [0.29, 0.717) is 13.1 Å². The van der Waals surface area contributed by atoms with E-state index in [0.717, 1.165) is 30.3 Å². The number of likely N-dealkylation sites (tertiary alicyclic amines) is 1. The summed E-state index contributed by atoms with van der Waals surface area (Å²) in [7, 11) is 1.73. The summed E-state index contributed by atoms with van der Waals surface area (Å²) in [5, 5.41) is 9.61. The Morgan fingerprint density at radius 2 is 1.83 bits per heavy atom. The molecule has 0 atom stereocenters. The zero-order valence-corrected chi connectivity index (χ0v) is 14.4. The van der Waals surface area contributed by atoms with Crippen LogP contribution in [0.25, 0.3) is 11.0 Å². The smallest absolute Gasteiger partial charge is 0.329 e. The van der Waals surface area contributed by atoms with Crippen LogP contribution in [0.3, 0.4) is 0 Å². The molecule has 1 fully saturated rings. The topological polar surface area (TPSA) is 67.5 Å². The summed E-state index contributed by atoms with van der Waals surface area (Å²) in [4.78, 5) is 26.9. The van der Waals surface area contributed by atoms with Crippen molar-refractivity contribution in [2.75, 3.05) is 19.7 Å². The fraction of sp³-hybridized carbons (Fsp3) is 0.556. The first kappa shape index (κ1) is 16.8. The minimum atomic E-state index is -0.167. The molecule has 1 aromatic carbocycles. The fourth-order valence-corrected chi connectivity index (χ4v) is 3.61. The van der Waals surface area contributed by atoms with Crippen molar-refractivity contribution >= 4 is 16.9 Å². The normalized spacial score (nSPS) is 17.4. The lowest BCUT2D eigenvalue weighted by Crippen LogP contribution is -2.46. The van der Waals surface area contributed by atoms with E-state index >= 15 is 0 Å². The van der Waals surface area contributed by atoms with Gasteiger partial charge in [0.25, 0.3) is 0 Å². The molecule has 0 aliphatic carbocycles. The maximum absolute atomic E-state index is 12.7. The van der Waals surface area contributed by atoms with Crippen molar-refractivity contribution in [3.8, 4) is 0 Å². The summed E-state index contributed by atoms with van der Waals surface area (Å²) in [6, 6.07) is 7.52. The number of piperidine rings is 1. The molecule has 1 saturated heterocycles. The number of imidazole rings is 1. The molecule has 24 heavy (non-hydrogen) atoms. The van der Waals surface area contributed by atoms with Gasteiger partial charge in [-0.3, -0.25) is 13.9 Å². The molecular formula is C18H25N3O3. The summed E-state index contributed by atoms with van der Waals surface area (Å²) in [5.41, 5.74) is 1.40. The predicted octanol–water partition coefficient (Wildman–Crippen LogP) is 1.35. The highest BCUT2D eigenvalue weighted by Gasteiger charge is 2.34. The molecule has 0 radical (unpaired) electrons. The summed E-state index contributed by atoms with van der Waals surface area (Å²) < 4.78 is 3.12. The molecule has 1 amide bonds. The maximum atomic E-state index is 12.7. The van der Waals surface area contributed by atoms with E-state index in [-0.39, 0.29) is 30.2 Å². The Labute approximate surface area is 141 Å². The molecule has 3 rings (SSSR count). The third kappa shape index (κ3) is 2.75. The predicted molar refractivity (Wildman–Crippen MR) is 92.8 cm³/mol. The van der Waals surface area contributed by atoms with E-state index in [4.69, 9.17) is 0 Å². The first-order valence-corrected chi connectivity index (χ1v) is 8.54. The van der Waals surface area contributed by atoms with E-state index < -0.39 is 0 Å². The number of para-hydroxylation sites is 2. The lowest BCUT2D eigenvalue weighted by atomic mass is 9.77. The number of benzene rings is 1. The van der Waals surface area contributed by atoms with Gasteiger partial charge in [-0.15, -0.1) is 0 Å². The van der Waals surface area contributed by atoms with Crippen molar-refractivity contribution < 1.29 is 9.90 Å². The van der Waals surface area contributed by atoms with Crippen molar-refractivity contribution in [3.63, 3.8) is 0 Å². The van der Waals surface area contributed by atoms with Crippen LogP contribution in [0.4, 0.5) is 0 Å². The molecule has 1 N–H and O–H groups in total. The number of aliphatic hydroxyl groups excluding tert-OH is 1. The van der Waals surface area contributed by atoms with Gasteiger partial charge in [0.2, 0.25) is 5.91 Å². The maximum Gasteiger partial charge on any atom is 0.329 e. The molecule has 130 valence electrons. The quantitative estimate of drug-likeness (QED) is 0.920. The van der Waals surface area contributed by atoms with Gasteiger partial charge >= 0.3 is 5.69 Å². The third-order valence-corrected chi connectivity index (χ3v) is 5.61. The minimum Gasteiger partial charge on any atom is -0.396 e. The number of aromatic nitrogens is 2. The number of aliphatic hydroxyl groups is 1. The molecule has 1 aliphatic rings. The Bertz CT molecular complexity index is 791. The molecule has 2 aromatic rings. The van der Waals surface area contributed by atoms with Crippen LogP contribution in [0.2, 0.25) is 0 Å². The van der Waals surface area contributed by atoms with Gasteiger partial charge in [-0.1, -0.05) is 19.1 Å². The minimum absolute atomic E-state index is 0.0314. The Balaban J connectivity index is 1.77. The van der Waals surface area contributed by atoms with E-state index in [1.807, 2.05) is 29.2 Å². The number of hydrogen-bond acceptors (Lipinski definition) is 3. The second kappa shape index (κ2) is 6.43. The van der Waals surface area contributed by atoms with Crippen LogP contribution in [0.5, 0.6) is 0 Å². The Kier molecular flexibility index (Phi) is 4.49. The summed E-state index contributed by atoms with van der Waals surface area (Å²) in [6.45, 7) is 3.62. The monoisotopic (exact) mass is 331 g/mol.